The summed E-state index contributed by atoms with van der Waals surface area (Å²) in [6.07, 6.45) is 2.46. The van der Waals surface area contributed by atoms with E-state index < -0.39 is 0 Å². The van der Waals surface area contributed by atoms with Crippen LogP contribution in [0.15, 0.2) is 24.3 Å². The first kappa shape index (κ1) is 11.3. The van der Waals surface area contributed by atoms with Gasteiger partial charge in [0.15, 0.2) is 0 Å². The summed E-state index contributed by atoms with van der Waals surface area (Å²) in [6, 6.07) is 8.89. The van der Waals surface area contributed by atoms with Crippen molar-refractivity contribution in [1.82, 2.24) is 0 Å². The summed E-state index contributed by atoms with van der Waals surface area (Å²) in [7, 11) is 0. The molecule has 1 rings (SSSR count). The van der Waals surface area contributed by atoms with Crippen LogP contribution in [-0.2, 0) is 0 Å². The maximum atomic E-state index is 2.32. The van der Waals surface area contributed by atoms with Gasteiger partial charge >= 0.3 is 0 Å². The van der Waals surface area contributed by atoms with Crippen molar-refractivity contribution in [3.63, 3.8) is 0 Å². The fraction of sp³-hybridized carbons (Fsp3) is 0.571. The van der Waals surface area contributed by atoms with Crippen molar-refractivity contribution in [2.75, 3.05) is 0 Å². The predicted molar refractivity (Wildman–Crippen MR) is 63.9 cm³/mol. The van der Waals surface area contributed by atoms with Crippen molar-refractivity contribution >= 4 is 0 Å². The van der Waals surface area contributed by atoms with Crippen LogP contribution in [0.3, 0.4) is 0 Å². The van der Waals surface area contributed by atoms with Crippen molar-refractivity contribution < 1.29 is 0 Å². The summed E-state index contributed by atoms with van der Waals surface area (Å²) in [5, 5.41) is 0. The molecule has 1 aromatic carbocycles. The molecule has 0 N–H and O–H groups in total. The Kier molecular flexibility index (Phi) is 4.19. The van der Waals surface area contributed by atoms with Crippen molar-refractivity contribution in [1.29, 1.82) is 0 Å². The normalized spacial score (nSPS) is 15.1. The third-order valence-corrected chi connectivity index (χ3v) is 3.28. The largest absolute Gasteiger partial charge is 0.0648 e. The molecule has 78 valence electrons. The molecule has 0 amide bonds. The highest BCUT2D eigenvalue weighted by Crippen LogP contribution is 2.29. The van der Waals surface area contributed by atoms with E-state index in [2.05, 4.69) is 52.0 Å². The smallest absolute Gasteiger partial charge is 0.0190 e. The minimum Gasteiger partial charge on any atom is -0.0648 e. The Morgan fingerprint density at radius 3 is 1.50 bits per heavy atom. The molecule has 0 heterocycles. The molecule has 0 aliphatic carbocycles. The van der Waals surface area contributed by atoms with E-state index in [0.717, 1.165) is 0 Å². The quantitative estimate of drug-likeness (QED) is 0.644. The lowest BCUT2D eigenvalue weighted by molar-refractivity contribution is 0.677. The molecule has 0 spiro atoms. The SMILES string of the molecule is CCC(C)c1ccccc1C(C)CC. The molecular weight excluding hydrogens is 168 g/mol. The molecule has 0 saturated carbocycles. The topological polar surface area (TPSA) is 0 Å². The van der Waals surface area contributed by atoms with E-state index in [-0.39, 0.29) is 0 Å². The molecule has 1 aromatic rings. The van der Waals surface area contributed by atoms with E-state index in [9.17, 15) is 0 Å². The number of hydrogen-bond acceptors (Lipinski definition) is 0. The fourth-order valence-corrected chi connectivity index (χ4v) is 1.85. The summed E-state index contributed by atoms with van der Waals surface area (Å²) in [6.45, 7) is 9.17. The lowest BCUT2D eigenvalue weighted by Crippen LogP contribution is -2.01. The number of rotatable bonds is 4. The van der Waals surface area contributed by atoms with Crippen LogP contribution in [-0.4, -0.2) is 0 Å². The van der Waals surface area contributed by atoms with E-state index in [4.69, 9.17) is 0 Å². The molecule has 0 aliphatic heterocycles. The molecule has 0 nitrogen and oxygen atoms in total. The minimum absolute atomic E-state index is 0.695. The molecule has 2 atom stereocenters. The van der Waals surface area contributed by atoms with Gasteiger partial charge in [0.05, 0.1) is 0 Å². The molecule has 0 heteroatoms. The van der Waals surface area contributed by atoms with Gasteiger partial charge in [-0.1, -0.05) is 52.0 Å². The van der Waals surface area contributed by atoms with Crippen LogP contribution in [0, 0.1) is 0 Å². The van der Waals surface area contributed by atoms with Gasteiger partial charge in [0.2, 0.25) is 0 Å². The molecule has 0 fully saturated rings. The number of benzene rings is 1. The van der Waals surface area contributed by atoms with Gasteiger partial charge in [0.1, 0.15) is 0 Å². The van der Waals surface area contributed by atoms with Gasteiger partial charge in [0, 0.05) is 0 Å². The summed E-state index contributed by atoms with van der Waals surface area (Å²) >= 11 is 0. The zero-order chi connectivity index (χ0) is 10.6. The van der Waals surface area contributed by atoms with Crippen LogP contribution in [0.5, 0.6) is 0 Å². The first-order chi connectivity index (χ1) is 6.70. The van der Waals surface area contributed by atoms with E-state index in [1.165, 1.54) is 12.8 Å². The second-order valence-corrected chi connectivity index (χ2v) is 4.25. The van der Waals surface area contributed by atoms with Crippen LogP contribution in [0.4, 0.5) is 0 Å². The Morgan fingerprint density at radius 2 is 1.21 bits per heavy atom. The number of hydrogen-bond donors (Lipinski definition) is 0. The molecule has 2 unspecified atom stereocenters. The summed E-state index contributed by atoms with van der Waals surface area (Å²) in [5.41, 5.74) is 3.09. The van der Waals surface area contributed by atoms with Crippen LogP contribution in [0.2, 0.25) is 0 Å². The highest BCUT2D eigenvalue weighted by atomic mass is 14.2. The third-order valence-electron chi connectivity index (χ3n) is 3.28. The lowest BCUT2D eigenvalue weighted by Gasteiger charge is -2.18. The van der Waals surface area contributed by atoms with Gasteiger partial charge in [-0.05, 0) is 35.8 Å². The summed E-state index contributed by atoms with van der Waals surface area (Å²) in [5.74, 6) is 1.39. The van der Waals surface area contributed by atoms with Gasteiger partial charge in [-0.15, -0.1) is 0 Å². The van der Waals surface area contributed by atoms with E-state index in [1.807, 2.05) is 0 Å². The average Bonchev–Trinajstić information content (AvgIpc) is 2.27. The second kappa shape index (κ2) is 5.19. The van der Waals surface area contributed by atoms with Crippen molar-refractivity contribution in [3.8, 4) is 0 Å². The second-order valence-electron chi connectivity index (χ2n) is 4.25. The standard InChI is InChI=1S/C14H22/c1-5-11(3)13-9-7-8-10-14(13)12(4)6-2/h7-12H,5-6H2,1-4H3. The van der Waals surface area contributed by atoms with E-state index in [1.54, 1.807) is 11.1 Å². The van der Waals surface area contributed by atoms with Gasteiger partial charge in [-0.2, -0.15) is 0 Å². The zero-order valence-corrected chi connectivity index (χ0v) is 9.88. The van der Waals surface area contributed by atoms with Crippen LogP contribution >= 0.6 is 0 Å². The van der Waals surface area contributed by atoms with Crippen LogP contribution < -0.4 is 0 Å². The molecular formula is C14H22. The van der Waals surface area contributed by atoms with Crippen molar-refractivity contribution in [2.24, 2.45) is 0 Å². The lowest BCUT2D eigenvalue weighted by atomic mass is 9.87. The van der Waals surface area contributed by atoms with Crippen molar-refractivity contribution in [2.45, 2.75) is 52.4 Å². The maximum absolute atomic E-state index is 2.32. The minimum atomic E-state index is 0.695. The monoisotopic (exact) mass is 190 g/mol. The Labute approximate surface area is 88.4 Å². The van der Waals surface area contributed by atoms with Gasteiger partial charge in [0.25, 0.3) is 0 Å². The molecule has 0 bridgehead atoms. The first-order valence-electron chi connectivity index (χ1n) is 5.79. The average molecular weight is 190 g/mol. The fourth-order valence-electron chi connectivity index (χ4n) is 1.85. The Hall–Kier alpha value is -0.780. The predicted octanol–water partition coefficient (Wildman–Crippen LogP) is 4.71. The molecule has 14 heavy (non-hydrogen) atoms. The van der Waals surface area contributed by atoms with Crippen LogP contribution in [0.25, 0.3) is 0 Å². The van der Waals surface area contributed by atoms with E-state index >= 15 is 0 Å². The highest BCUT2D eigenvalue weighted by molar-refractivity contribution is 5.32. The third kappa shape index (κ3) is 2.37. The Morgan fingerprint density at radius 1 is 0.857 bits per heavy atom. The Balaban J connectivity index is 3.02. The zero-order valence-electron chi connectivity index (χ0n) is 9.88. The van der Waals surface area contributed by atoms with Gasteiger partial charge in [-0.25, -0.2) is 0 Å². The summed E-state index contributed by atoms with van der Waals surface area (Å²) < 4.78 is 0. The summed E-state index contributed by atoms with van der Waals surface area (Å²) in [4.78, 5) is 0. The highest BCUT2D eigenvalue weighted by Gasteiger charge is 2.11. The molecule has 0 radical (unpaired) electrons. The first-order valence-corrected chi connectivity index (χ1v) is 5.79. The molecule has 0 aliphatic rings. The van der Waals surface area contributed by atoms with E-state index in [0.29, 0.717) is 11.8 Å². The molecule has 0 saturated heterocycles. The molecule has 0 aromatic heterocycles. The maximum Gasteiger partial charge on any atom is -0.0190 e. The van der Waals surface area contributed by atoms with Gasteiger partial charge < -0.3 is 0 Å². The van der Waals surface area contributed by atoms with Crippen LogP contribution in [0.1, 0.15) is 63.5 Å². The van der Waals surface area contributed by atoms with Gasteiger partial charge in [-0.3, -0.25) is 0 Å². The van der Waals surface area contributed by atoms with Crippen molar-refractivity contribution in [3.05, 3.63) is 35.4 Å². The Bertz CT molecular complexity index is 246.